The molecule has 0 spiro atoms. The average Bonchev–Trinajstić information content (AvgIpc) is 2.41. The zero-order valence-corrected chi connectivity index (χ0v) is 12.1. The first-order valence-electron chi connectivity index (χ1n) is 7.02. The topological polar surface area (TPSA) is 35.5 Å². The van der Waals surface area contributed by atoms with E-state index < -0.39 is 0 Å². The van der Waals surface area contributed by atoms with Gasteiger partial charge in [-0.15, -0.1) is 0 Å². The molecule has 0 bridgehead atoms. The number of rotatable bonds is 9. The van der Waals surface area contributed by atoms with Crippen LogP contribution in [0, 0.1) is 5.92 Å². The Morgan fingerprint density at radius 3 is 2.63 bits per heavy atom. The van der Waals surface area contributed by atoms with Crippen LogP contribution in [0.1, 0.15) is 50.4 Å². The summed E-state index contributed by atoms with van der Waals surface area (Å²) in [6.45, 7) is 7.75. The second-order valence-electron chi connectivity index (χ2n) is 5.05. The summed E-state index contributed by atoms with van der Waals surface area (Å²) in [5.41, 5.74) is 0.577. The molecule has 3 heteroatoms. The van der Waals surface area contributed by atoms with Crippen molar-refractivity contribution in [1.82, 2.24) is 0 Å². The van der Waals surface area contributed by atoms with Gasteiger partial charge in [-0.2, -0.15) is 0 Å². The van der Waals surface area contributed by atoms with Gasteiger partial charge in [-0.05, 0) is 37.3 Å². The third kappa shape index (κ3) is 5.77. The Balaban J connectivity index is 2.59. The van der Waals surface area contributed by atoms with Gasteiger partial charge in [0.15, 0.2) is 6.29 Å². The van der Waals surface area contributed by atoms with Crippen LogP contribution in [0.25, 0.3) is 0 Å². The zero-order chi connectivity index (χ0) is 14.1. The molecule has 1 aromatic rings. The molecule has 0 aliphatic heterocycles. The van der Waals surface area contributed by atoms with Crippen molar-refractivity contribution in [2.75, 3.05) is 13.2 Å². The molecule has 0 amide bonds. The van der Waals surface area contributed by atoms with Crippen molar-refractivity contribution in [3.05, 3.63) is 23.8 Å². The second-order valence-corrected chi connectivity index (χ2v) is 5.05. The third-order valence-corrected chi connectivity index (χ3v) is 2.77. The van der Waals surface area contributed by atoms with Gasteiger partial charge in [0.25, 0.3) is 0 Å². The first-order valence-corrected chi connectivity index (χ1v) is 7.02. The number of hydrogen-bond acceptors (Lipinski definition) is 3. The summed E-state index contributed by atoms with van der Waals surface area (Å²) in [5, 5.41) is 0. The number of ether oxygens (including phenoxy) is 2. The third-order valence-electron chi connectivity index (χ3n) is 2.77. The van der Waals surface area contributed by atoms with Crippen LogP contribution >= 0.6 is 0 Å². The normalized spacial score (nSPS) is 10.5. The van der Waals surface area contributed by atoms with Crippen LogP contribution in [0.15, 0.2) is 18.2 Å². The molecular weight excluding hydrogens is 240 g/mol. The average molecular weight is 264 g/mol. The largest absolute Gasteiger partial charge is 0.493 e. The summed E-state index contributed by atoms with van der Waals surface area (Å²) in [4.78, 5) is 11.0. The fourth-order valence-electron chi connectivity index (χ4n) is 1.72. The molecule has 0 aliphatic rings. The fraction of sp³-hybridized carbons (Fsp3) is 0.562. The molecule has 1 aromatic carbocycles. The molecule has 0 atom stereocenters. The van der Waals surface area contributed by atoms with Gasteiger partial charge in [-0.1, -0.05) is 20.8 Å². The fourth-order valence-corrected chi connectivity index (χ4v) is 1.72. The van der Waals surface area contributed by atoms with Gasteiger partial charge in [0.2, 0.25) is 0 Å². The van der Waals surface area contributed by atoms with E-state index in [9.17, 15) is 4.79 Å². The van der Waals surface area contributed by atoms with Gasteiger partial charge in [-0.3, -0.25) is 4.79 Å². The predicted molar refractivity (Wildman–Crippen MR) is 77.2 cm³/mol. The number of carbonyl (C=O) groups is 1. The van der Waals surface area contributed by atoms with Gasteiger partial charge < -0.3 is 9.47 Å². The first kappa shape index (κ1) is 15.5. The Hall–Kier alpha value is -1.51. The molecule has 19 heavy (non-hydrogen) atoms. The Morgan fingerprint density at radius 2 is 2.00 bits per heavy atom. The molecular formula is C16H24O3. The van der Waals surface area contributed by atoms with E-state index in [0.717, 1.165) is 31.3 Å². The molecule has 0 unspecified atom stereocenters. The Labute approximate surface area is 115 Å². The van der Waals surface area contributed by atoms with Crippen molar-refractivity contribution >= 4 is 6.29 Å². The van der Waals surface area contributed by atoms with Crippen LogP contribution in [-0.2, 0) is 0 Å². The first-order chi connectivity index (χ1) is 9.17. The highest BCUT2D eigenvalue weighted by Gasteiger charge is 2.06. The van der Waals surface area contributed by atoms with E-state index in [2.05, 4.69) is 20.8 Å². The summed E-state index contributed by atoms with van der Waals surface area (Å²) < 4.78 is 11.2. The molecule has 0 saturated heterocycles. The summed E-state index contributed by atoms with van der Waals surface area (Å²) in [6, 6.07) is 5.35. The van der Waals surface area contributed by atoms with Crippen molar-refractivity contribution in [2.45, 2.75) is 40.0 Å². The van der Waals surface area contributed by atoms with Gasteiger partial charge >= 0.3 is 0 Å². The van der Waals surface area contributed by atoms with Crippen molar-refractivity contribution < 1.29 is 14.3 Å². The van der Waals surface area contributed by atoms with Crippen LogP contribution < -0.4 is 9.47 Å². The molecule has 0 fully saturated rings. The lowest BCUT2D eigenvalue weighted by Crippen LogP contribution is -2.03. The minimum Gasteiger partial charge on any atom is -0.493 e. The van der Waals surface area contributed by atoms with Crippen LogP contribution in [0.3, 0.4) is 0 Å². The second kappa shape index (κ2) is 8.57. The summed E-state index contributed by atoms with van der Waals surface area (Å²) in [7, 11) is 0. The summed E-state index contributed by atoms with van der Waals surface area (Å²) >= 11 is 0. The van der Waals surface area contributed by atoms with Crippen molar-refractivity contribution in [2.24, 2.45) is 5.92 Å². The van der Waals surface area contributed by atoms with Crippen molar-refractivity contribution in [1.29, 1.82) is 0 Å². The number of carbonyl (C=O) groups excluding carboxylic acids is 1. The quantitative estimate of drug-likeness (QED) is 0.497. The summed E-state index contributed by atoms with van der Waals surface area (Å²) in [6.07, 6.45) is 3.90. The molecule has 0 saturated carbocycles. The van der Waals surface area contributed by atoms with Crippen LogP contribution in [0.2, 0.25) is 0 Å². The van der Waals surface area contributed by atoms with E-state index in [1.807, 2.05) is 0 Å². The number of aldehydes is 1. The van der Waals surface area contributed by atoms with Gasteiger partial charge in [0.05, 0.1) is 18.8 Å². The van der Waals surface area contributed by atoms with Crippen LogP contribution in [0.5, 0.6) is 11.5 Å². The Morgan fingerprint density at radius 1 is 1.21 bits per heavy atom. The van der Waals surface area contributed by atoms with E-state index >= 15 is 0 Å². The molecule has 0 radical (unpaired) electrons. The number of hydrogen-bond donors (Lipinski definition) is 0. The smallest absolute Gasteiger partial charge is 0.153 e. The predicted octanol–water partition coefficient (Wildman–Crippen LogP) is 4.10. The Bertz CT molecular complexity index is 386. The molecule has 0 N–H and O–H groups in total. The van der Waals surface area contributed by atoms with Crippen molar-refractivity contribution in [3.63, 3.8) is 0 Å². The number of benzene rings is 1. The highest BCUT2D eigenvalue weighted by Crippen LogP contribution is 2.24. The SMILES string of the molecule is CCCOc1ccc(C=O)c(OCCCC(C)C)c1. The highest BCUT2D eigenvalue weighted by atomic mass is 16.5. The van der Waals surface area contributed by atoms with E-state index in [4.69, 9.17) is 9.47 Å². The Kier molecular flexibility index (Phi) is 7.01. The molecule has 0 heterocycles. The van der Waals surface area contributed by atoms with E-state index in [1.54, 1.807) is 18.2 Å². The van der Waals surface area contributed by atoms with E-state index in [0.29, 0.717) is 30.4 Å². The maximum atomic E-state index is 11.0. The maximum Gasteiger partial charge on any atom is 0.153 e. The van der Waals surface area contributed by atoms with Gasteiger partial charge in [0, 0.05) is 6.07 Å². The van der Waals surface area contributed by atoms with Crippen molar-refractivity contribution in [3.8, 4) is 11.5 Å². The van der Waals surface area contributed by atoms with E-state index in [-0.39, 0.29) is 0 Å². The molecule has 0 aliphatic carbocycles. The highest BCUT2D eigenvalue weighted by molar-refractivity contribution is 5.79. The molecule has 3 nitrogen and oxygen atoms in total. The van der Waals surface area contributed by atoms with E-state index in [1.165, 1.54) is 0 Å². The van der Waals surface area contributed by atoms with Crippen LogP contribution in [0.4, 0.5) is 0 Å². The zero-order valence-electron chi connectivity index (χ0n) is 12.1. The van der Waals surface area contributed by atoms with Gasteiger partial charge in [0.1, 0.15) is 11.5 Å². The maximum absolute atomic E-state index is 11.0. The lowest BCUT2D eigenvalue weighted by atomic mass is 10.1. The monoisotopic (exact) mass is 264 g/mol. The summed E-state index contributed by atoms with van der Waals surface area (Å²) in [5.74, 6) is 2.05. The lowest BCUT2D eigenvalue weighted by Gasteiger charge is -2.11. The minimum absolute atomic E-state index is 0.577. The molecule has 1 rings (SSSR count). The standard InChI is InChI=1S/C16H24O3/c1-4-9-18-15-8-7-14(12-17)16(11-15)19-10-5-6-13(2)3/h7-8,11-13H,4-6,9-10H2,1-3H3. The van der Waals surface area contributed by atoms with Crippen LogP contribution in [-0.4, -0.2) is 19.5 Å². The molecule has 106 valence electrons. The molecule has 0 aromatic heterocycles. The lowest BCUT2D eigenvalue weighted by molar-refractivity contribution is 0.111. The van der Waals surface area contributed by atoms with Gasteiger partial charge in [-0.25, -0.2) is 0 Å². The minimum atomic E-state index is 0.577.